The van der Waals surface area contributed by atoms with Crippen LogP contribution in [0.5, 0.6) is 0 Å². The second-order valence-corrected chi connectivity index (χ2v) is 4.42. The standard InChI is InChI=1S/C9H18O2/c1-9(2,3)8-5-4-7(10)6-11-8/h7-8,10H,4-6H2,1-3H3/t7-,8-/m0/s1. The fourth-order valence-electron chi connectivity index (χ4n) is 1.42. The predicted molar refractivity (Wildman–Crippen MR) is 44.4 cm³/mol. The van der Waals surface area contributed by atoms with Gasteiger partial charge in [-0.25, -0.2) is 0 Å². The van der Waals surface area contributed by atoms with Crippen molar-refractivity contribution in [1.82, 2.24) is 0 Å². The zero-order valence-corrected chi connectivity index (χ0v) is 7.63. The van der Waals surface area contributed by atoms with Crippen LogP contribution in [0.3, 0.4) is 0 Å². The number of aliphatic hydroxyl groups is 1. The molecule has 11 heavy (non-hydrogen) atoms. The maximum atomic E-state index is 9.17. The van der Waals surface area contributed by atoms with E-state index in [1.807, 2.05) is 0 Å². The van der Waals surface area contributed by atoms with Crippen molar-refractivity contribution in [2.24, 2.45) is 5.41 Å². The SMILES string of the molecule is CC(C)(C)[C@@H]1CC[C@H](O)CO1. The van der Waals surface area contributed by atoms with Crippen LogP contribution >= 0.6 is 0 Å². The quantitative estimate of drug-likeness (QED) is 0.580. The lowest BCUT2D eigenvalue weighted by Gasteiger charge is -2.35. The molecule has 0 aliphatic carbocycles. The van der Waals surface area contributed by atoms with Crippen LogP contribution in [-0.2, 0) is 4.74 Å². The van der Waals surface area contributed by atoms with E-state index < -0.39 is 0 Å². The molecule has 1 N–H and O–H groups in total. The van der Waals surface area contributed by atoms with E-state index in [0.717, 1.165) is 12.8 Å². The molecule has 1 saturated heterocycles. The summed E-state index contributed by atoms with van der Waals surface area (Å²) in [6.45, 7) is 7.04. The molecule has 0 aromatic heterocycles. The van der Waals surface area contributed by atoms with Crippen molar-refractivity contribution in [1.29, 1.82) is 0 Å². The second kappa shape index (κ2) is 3.11. The number of hydrogen-bond donors (Lipinski definition) is 1. The van der Waals surface area contributed by atoms with Gasteiger partial charge in [-0.3, -0.25) is 0 Å². The van der Waals surface area contributed by atoms with Gasteiger partial charge in [-0.1, -0.05) is 20.8 Å². The van der Waals surface area contributed by atoms with Crippen molar-refractivity contribution in [2.45, 2.75) is 45.8 Å². The van der Waals surface area contributed by atoms with Crippen molar-refractivity contribution in [3.05, 3.63) is 0 Å². The van der Waals surface area contributed by atoms with Gasteiger partial charge in [-0.15, -0.1) is 0 Å². The molecule has 0 spiro atoms. The van der Waals surface area contributed by atoms with Crippen LogP contribution in [0.25, 0.3) is 0 Å². The minimum absolute atomic E-state index is 0.222. The number of aliphatic hydroxyl groups excluding tert-OH is 1. The number of hydrogen-bond acceptors (Lipinski definition) is 2. The van der Waals surface area contributed by atoms with Gasteiger partial charge in [0.2, 0.25) is 0 Å². The van der Waals surface area contributed by atoms with Crippen LogP contribution in [0.4, 0.5) is 0 Å². The first-order chi connectivity index (χ1) is 5.00. The highest BCUT2D eigenvalue weighted by atomic mass is 16.5. The minimum Gasteiger partial charge on any atom is -0.391 e. The summed E-state index contributed by atoms with van der Waals surface area (Å²) >= 11 is 0. The molecule has 0 saturated carbocycles. The van der Waals surface area contributed by atoms with E-state index in [0.29, 0.717) is 12.7 Å². The maximum absolute atomic E-state index is 9.17. The van der Waals surface area contributed by atoms with Crippen molar-refractivity contribution in [3.63, 3.8) is 0 Å². The Morgan fingerprint density at radius 1 is 1.27 bits per heavy atom. The molecule has 2 atom stereocenters. The van der Waals surface area contributed by atoms with Gasteiger partial charge in [0, 0.05) is 0 Å². The highest BCUT2D eigenvalue weighted by Gasteiger charge is 2.29. The second-order valence-electron chi connectivity index (χ2n) is 4.42. The first-order valence-corrected chi connectivity index (χ1v) is 4.30. The lowest BCUT2D eigenvalue weighted by atomic mass is 9.84. The Morgan fingerprint density at radius 2 is 1.91 bits per heavy atom. The van der Waals surface area contributed by atoms with Crippen molar-refractivity contribution >= 4 is 0 Å². The molecule has 1 aliphatic rings. The van der Waals surface area contributed by atoms with Crippen LogP contribution < -0.4 is 0 Å². The number of ether oxygens (including phenoxy) is 1. The van der Waals surface area contributed by atoms with E-state index in [9.17, 15) is 0 Å². The number of rotatable bonds is 0. The monoisotopic (exact) mass is 158 g/mol. The van der Waals surface area contributed by atoms with Gasteiger partial charge in [-0.2, -0.15) is 0 Å². The lowest BCUT2D eigenvalue weighted by Crippen LogP contribution is -2.37. The molecule has 66 valence electrons. The normalized spacial score (nSPS) is 33.8. The Morgan fingerprint density at radius 3 is 2.27 bits per heavy atom. The first kappa shape index (κ1) is 9.01. The molecule has 1 rings (SSSR count). The Balaban J connectivity index is 2.39. The van der Waals surface area contributed by atoms with Crippen LogP contribution in [-0.4, -0.2) is 23.9 Å². The van der Waals surface area contributed by atoms with Gasteiger partial charge in [0.1, 0.15) is 0 Å². The highest BCUT2D eigenvalue weighted by Crippen LogP contribution is 2.29. The van der Waals surface area contributed by atoms with E-state index in [1.165, 1.54) is 0 Å². The Labute approximate surface area is 68.6 Å². The summed E-state index contributed by atoms with van der Waals surface area (Å²) in [5.41, 5.74) is 0.222. The third kappa shape index (κ3) is 2.46. The molecule has 1 heterocycles. The van der Waals surface area contributed by atoms with E-state index in [1.54, 1.807) is 0 Å². The summed E-state index contributed by atoms with van der Waals surface area (Å²) in [7, 11) is 0. The fourth-order valence-corrected chi connectivity index (χ4v) is 1.42. The zero-order valence-electron chi connectivity index (χ0n) is 7.63. The fraction of sp³-hybridized carbons (Fsp3) is 1.00. The third-order valence-electron chi connectivity index (χ3n) is 2.22. The summed E-state index contributed by atoms with van der Waals surface area (Å²) in [6, 6.07) is 0. The van der Waals surface area contributed by atoms with Gasteiger partial charge < -0.3 is 9.84 Å². The molecule has 0 unspecified atom stereocenters. The van der Waals surface area contributed by atoms with Gasteiger partial charge in [-0.05, 0) is 18.3 Å². The first-order valence-electron chi connectivity index (χ1n) is 4.30. The largest absolute Gasteiger partial charge is 0.391 e. The van der Waals surface area contributed by atoms with Crippen LogP contribution in [0, 0.1) is 5.41 Å². The van der Waals surface area contributed by atoms with E-state index >= 15 is 0 Å². The van der Waals surface area contributed by atoms with Gasteiger partial charge >= 0.3 is 0 Å². The average molecular weight is 158 g/mol. The molecule has 1 fully saturated rings. The van der Waals surface area contributed by atoms with E-state index in [4.69, 9.17) is 9.84 Å². The van der Waals surface area contributed by atoms with Crippen LogP contribution in [0.15, 0.2) is 0 Å². The topological polar surface area (TPSA) is 29.5 Å². The molecule has 0 aromatic carbocycles. The highest BCUT2D eigenvalue weighted by molar-refractivity contribution is 4.79. The third-order valence-corrected chi connectivity index (χ3v) is 2.22. The lowest BCUT2D eigenvalue weighted by molar-refractivity contribution is -0.0962. The Bertz CT molecular complexity index is 118. The zero-order chi connectivity index (χ0) is 8.48. The summed E-state index contributed by atoms with van der Waals surface area (Å²) in [6.07, 6.45) is 1.98. The molecular weight excluding hydrogens is 140 g/mol. The van der Waals surface area contributed by atoms with Crippen molar-refractivity contribution in [2.75, 3.05) is 6.61 Å². The molecule has 2 heteroatoms. The van der Waals surface area contributed by atoms with Gasteiger partial charge in [0.15, 0.2) is 0 Å². The van der Waals surface area contributed by atoms with Crippen molar-refractivity contribution in [3.8, 4) is 0 Å². The summed E-state index contributed by atoms with van der Waals surface area (Å²) < 4.78 is 5.50. The predicted octanol–water partition coefficient (Wildman–Crippen LogP) is 1.57. The average Bonchev–Trinajstić information content (AvgIpc) is 1.86. The minimum atomic E-state index is -0.228. The van der Waals surface area contributed by atoms with Gasteiger partial charge in [0.05, 0.1) is 18.8 Å². The molecule has 0 bridgehead atoms. The van der Waals surface area contributed by atoms with Crippen molar-refractivity contribution < 1.29 is 9.84 Å². The van der Waals surface area contributed by atoms with E-state index in [2.05, 4.69) is 20.8 Å². The Hall–Kier alpha value is -0.0800. The van der Waals surface area contributed by atoms with E-state index in [-0.39, 0.29) is 11.5 Å². The smallest absolute Gasteiger partial charge is 0.0774 e. The van der Waals surface area contributed by atoms with Gasteiger partial charge in [0.25, 0.3) is 0 Å². The molecule has 0 radical (unpaired) electrons. The summed E-state index contributed by atoms with van der Waals surface area (Å²) in [4.78, 5) is 0. The maximum Gasteiger partial charge on any atom is 0.0774 e. The van der Waals surface area contributed by atoms with Crippen LogP contribution in [0.2, 0.25) is 0 Å². The van der Waals surface area contributed by atoms with Crippen LogP contribution in [0.1, 0.15) is 33.6 Å². The Kier molecular flexibility index (Phi) is 2.55. The molecular formula is C9H18O2. The summed E-state index contributed by atoms with van der Waals surface area (Å²) in [5, 5.41) is 9.17. The molecule has 0 amide bonds. The molecule has 1 aliphatic heterocycles. The molecule has 0 aromatic rings. The molecule has 2 nitrogen and oxygen atoms in total. The summed E-state index contributed by atoms with van der Waals surface area (Å²) in [5.74, 6) is 0.